The number of rotatable bonds is 5. The van der Waals surface area contributed by atoms with Crippen LogP contribution in [-0.4, -0.2) is 33.3 Å². The Morgan fingerprint density at radius 2 is 1.84 bits per heavy atom. The Morgan fingerprint density at radius 3 is 2.60 bits per heavy atom. The third-order valence-electron chi connectivity index (χ3n) is 3.93. The Kier molecular flexibility index (Phi) is 4.89. The van der Waals surface area contributed by atoms with Gasteiger partial charge in [-0.3, -0.25) is 4.31 Å². The van der Waals surface area contributed by atoms with Gasteiger partial charge in [-0.2, -0.15) is 0 Å². The highest BCUT2D eigenvalue weighted by molar-refractivity contribution is 7.92. The fourth-order valence-electron chi connectivity index (χ4n) is 2.71. The zero-order valence-corrected chi connectivity index (χ0v) is 14.2. The van der Waals surface area contributed by atoms with Crippen LogP contribution in [0.4, 0.5) is 20.6 Å². The fourth-order valence-corrected chi connectivity index (χ4v) is 4.14. The summed E-state index contributed by atoms with van der Waals surface area (Å²) in [4.78, 5) is 11.8. The topological polar surface area (TPSA) is 78.5 Å². The molecule has 6 nitrogen and oxygen atoms in total. The first-order valence-corrected chi connectivity index (χ1v) is 9.45. The van der Waals surface area contributed by atoms with Crippen molar-refractivity contribution in [3.8, 4) is 0 Å². The SMILES string of the molecule is O=C(NCCS(=O)(=O)N1CCc2ccccc21)Nc1ccc(F)cc1. The van der Waals surface area contributed by atoms with Gasteiger partial charge < -0.3 is 10.6 Å². The lowest BCUT2D eigenvalue weighted by Gasteiger charge is -2.19. The predicted molar refractivity (Wildman–Crippen MR) is 94.7 cm³/mol. The molecule has 0 atom stereocenters. The van der Waals surface area contributed by atoms with Gasteiger partial charge in [0.1, 0.15) is 5.82 Å². The molecule has 1 aliphatic heterocycles. The highest BCUT2D eigenvalue weighted by Crippen LogP contribution is 2.29. The van der Waals surface area contributed by atoms with Gasteiger partial charge in [-0.15, -0.1) is 0 Å². The van der Waals surface area contributed by atoms with E-state index in [1.54, 1.807) is 12.1 Å². The van der Waals surface area contributed by atoms with Gasteiger partial charge in [0.15, 0.2) is 0 Å². The van der Waals surface area contributed by atoms with Crippen LogP contribution in [0.25, 0.3) is 0 Å². The van der Waals surface area contributed by atoms with Crippen LogP contribution in [0.2, 0.25) is 0 Å². The monoisotopic (exact) mass is 363 g/mol. The molecule has 2 aromatic carbocycles. The maximum absolute atomic E-state index is 12.8. The quantitative estimate of drug-likeness (QED) is 0.856. The van der Waals surface area contributed by atoms with E-state index in [1.165, 1.54) is 28.6 Å². The Bertz CT molecular complexity index is 869. The standard InChI is InChI=1S/C17H18FN3O3S/c18-14-5-7-15(8-6-14)20-17(22)19-10-12-25(23,24)21-11-9-13-3-1-2-4-16(13)21/h1-8H,9-12H2,(H2,19,20,22). The second-order valence-electron chi connectivity index (χ2n) is 5.65. The van der Waals surface area contributed by atoms with Crippen LogP contribution < -0.4 is 14.9 Å². The third kappa shape index (κ3) is 4.08. The van der Waals surface area contributed by atoms with Crippen molar-refractivity contribution < 1.29 is 17.6 Å². The molecule has 0 spiro atoms. The van der Waals surface area contributed by atoms with E-state index in [4.69, 9.17) is 0 Å². The maximum Gasteiger partial charge on any atom is 0.319 e. The van der Waals surface area contributed by atoms with Gasteiger partial charge in [-0.1, -0.05) is 18.2 Å². The number of nitrogens with one attached hydrogen (secondary N) is 2. The Hall–Kier alpha value is -2.61. The average molecular weight is 363 g/mol. The minimum atomic E-state index is -3.51. The van der Waals surface area contributed by atoms with Crippen molar-refractivity contribution in [2.24, 2.45) is 0 Å². The summed E-state index contributed by atoms with van der Waals surface area (Å²) in [5, 5.41) is 5.02. The smallest absolute Gasteiger partial charge is 0.319 e. The highest BCUT2D eigenvalue weighted by atomic mass is 32.2. The highest BCUT2D eigenvalue weighted by Gasteiger charge is 2.28. The molecule has 0 saturated carbocycles. The number of para-hydroxylation sites is 1. The van der Waals surface area contributed by atoms with Crippen LogP contribution in [0, 0.1) is 5.82 Å². The van der Waals surface area contributed by atoms with E-state index in [1.807, 2.05) is 12.1 Å². The maximum atomic E-state index is 12.8. The van der Waals surface area contributed by atoms with Gasteiger partial charge in [0.25, 0.3) is 0 Å². The van der Waals surface area contributed by atoms with Crippen molar-refractivity contribution >= 4 is 27.4 Å². The normalized spacial score (nSPS) is 13.4. The van der Waals surface area contributed by atoms with Crippen LogP contribution in [0.15, 0.2) is 48.5 Å². The molecule has 2 amide bonds. The predicted octanol–water partition coefficient (Wildman–Crippen LogP) is 2.34. The van der Waals surface area contributed by atoms with E-state index in [2.05, 4.69) is 10.6 Å². The molecule has 0 radical (unpaired) electrons. The number of urea groups is 1. The van der Waals surface area contributed by atoms with Crippen molar-refractivity contribution in [1.29, 1.82) is 0 Å². The number of sulfonamides is 1. The molecule has 0 unspecified atom stereocenters. The van der Waals surface area contributed by atoms with E-state index in [-0.39, 0.29) is 12.3 Å². The number of hydrogen-bond acceptors (Lipinski definition) is 3. The van der Waals surface area contributed by atoms with E-state index in [9.17, 15) is 17.6 Å². The van der Waals surface area contributed by atoms with Gasteiger partial charge in [0.05, 0.1) is 11.4 Å². The molecule has 1 heterocycles. The molecule has 0 saturated heterocycles. The van der Waals surface area contributed by atoms with Gasteiger partial charge in [0.2, 0.25) is 10.0 Å². The van der Waals surface area contributed by atoms with Gasteiger partial charge in [-0.05, 0) is 42.3 Å². The molecule has 25 heavy (non-hydrogen) atoms. The molecular formula is C17H18FN3O3S. The number of fused-ring (bicyclic) bond motifs is 1. The lowest BCUT2D eigenvalue weighted by Crippen LogP contribution is -2.38. The second kappa shape index (κ2) is 7.10. The minimum Gasteiger partial charge on any atom is -0.337 e. The average Bonchev–Trinajstić information content (AvgIpc) is 3.02. The van der Waals surface area contributed by atoms with Crippen molar-refractivity contribution in [1.82, 2.24) is 5.32 Å². The Morgan fingerprint density at radius 1 is 1.12 bits per heavy atom. The molecule has 2 aromatic rings. The van der Waals surface area contributed by atoms with Crippen LogP contribution >= 0.6 is 0 Å². The summed E-state index contributed by atoms with van der Waals surface area (Å²) >= 11 is 0. The van der Waals surface area contributed by atoms with Crippen LogP contribution in [0.1, 0.15) is 5.56 Å². The van der Waals surface area contributed by atoms with Crippen molar-refractivity contribution in [2.45, 2.75) is 6.42 Å². The molecule has 0 aromatic heterocycles. The van der Waals surface area contributed by atoms with E-state index >= 15 is 0 Å². The number of nitrogens with zero attached hydrogens (tertiary/aromatic N) is 1. The first-order chi connectivity index (χ1) is 12.0. The first kappa shape index (κ1) is 17.2. The van der Waals surface area contributed by atoms with Crippen LogP contribution in [0.5, 0.6) is 0 Å². The molecule has 0 aliphatic carbocycles. The number of carbonyl (C=O) groups is 1. The summed E-state index contributed by atoms with van der Waals surface area (Å²) in [5.74, 6) is -0.596. The minimum absolute atomic E-state index is 0.0198. The fraction of sp³-hybridized carbons (Fsp3) is 0.235. The summed E-state index contributed by atoms with van der Waals surface area (Å²) in [7, 11) is -3.51. The number of carbonyl (C=O) groups excluding carboxylic acids is 1. The van der Waals surface area contributed by atoms with E-state index in [0.29, 0.717) is 24.3 Å². The van der Waals surface area contributed by atoms with Crippen molar-refractivity contribution in [3.63, 3.8) is 0 Å². The number of amides is 2. The van der Waals surface area contributed by atoms with Crippen LogP contribution in [0.3, 0.4) is 0 Å². The largest absolute Gasteiger partial charge is 0.337 e. The molecule has 0 fully saturated rings. The molecule has 2 N–H and O–H groups in total. The van der Waals surface area contributed by atoms with Crippen LogP contribution in [-0.2, 0) is 16.4 Å². The Labute approximate surface area is 145 Å². The van der Waals surface area contributed by atoms with E-state index in [0.717, 1.165) is 5.56 Å². The molecule has 0 bridgehead atoms. The third-order valence-corrected chi connectivity index (χ3v) is 5.70. The molecule has 8 heteroatoms. The number of hydrogen-bond donors (Lipinski definition) is 2. The number of anilines is 2. The lowest BCUT2D eigenvalue weighted by molar-refractivity contribution is 0.252. The summed E-state index contributed by atoms with van der Waals surface area (Å²) < 4.78 is 39.2. The van der Waals surface area contributed by atoms with Gasteiger partial charge in [-0.25, -0.2) is 17.6 Å². The zero-order valence-electron chi connectivity index (χ0n) is 13.4. The molecule has 132 valence electrons. The lowest BCUT2D eigenvalue weighted by atomic mass is 10.2. The molecule has 3 rings (SSSR count). The first-order valence-electron chi connectivity index (χ1n) is 7.84. The number of benzene rings is 2. The molecular weight excluding hydrogens is 345 g/mol. The summed E-state index contributed by atoms with van der Waals surface area (Å²) in [6.07, 6.45) is 0.688. The number of halogens is 1. The summed E-state index contributed by atoms with van der Waals surface area (Å²) in [6, 6.07) is 12.2. The van der Waals surface area contributed by atoms with Crippen molar-refractivity contribution in [3.05, 3.63) is 59.9 Å². The summed E-state index contributed by atoms with van der Waals surface area (Å²) in [6.45, 7) is 0.400. The zero-order chi connectivity index (χ0) is 17.9. The Balaban J connectivity index is 1.53. The van der Waals surface area contributed by atoms with E-state index < -0.39 is 21.9 Å². The van der Waals surface area contributed by atoms with Gasteiger partial charge >= 0.3 is 6.03 Å². The van der Waals surface area contributed by atoms with Gasteiger partial charge in [0, 0.05) is 18.8 Å². The summed E-state index contributed by atoms with van der Waals surface area (Å²) in [5.41, 5.74) is 2.14. The second-order valence-corrected chi connectivity index (χ2v) is 7.67. The molecule has 1 aliphatic rings. The van der Waals surface area contributed by atoms with Crippen molar-refractivity contribution in [2.75, 3.05) is 28.5 Å².